The summed E-state index contributed by atoms with van der Waals surface area (Å²) < 4.78 is 5.13. The van der Waals surface area contributed by atoms with Crippen molar-refractivity contribution in [3.05, 3.63) is 40.8 Å². The number of aromatic nitrogens is 1. The van der Waals surface area contributed by atoms with Crippen LogP contribution in [0.1, 0.15) is 29.7 Å². The molecule has 4 nitrogen and oxygen atoms in total. The second-order valence-corrected chi connectivity index (χ2v) is 6.16. The van der Waals surface area contributed by atoms with Gasteiger partial charge in [0.15, 0.2) is 5.13 Å². The maximum Gasteiger partial charge on any atom is 0.250 e. The molecule has 104 valence electrons. The first-order valence-electron chi connectivity index (χ1n) is 6.72. The van der Waals surface area contributed by atoms with Crippen LogP contribution in [0.3, 0.4) is 0 Å². The van der Waals surface area contributed by atoms with Gasteiger partial charge in [0.05, 0.1) is 12.0 Å². The molecule has 2 aromatic heterocycles. The number of carbonyl (C=O) groups excluding carboxylic acids is 1. The molecule has 1 aliphatic rings. The Bertz CT molecular complexity index is 628. The zero-order valence-electron chi connectivity index (χ0n) is 11.3. The number of nitrogens with one attached hydrogen (secondary N) is 1. The minimum Gasteiger partial charge on any atom is -0.465 e. The van der Waals surface area contributed by atoms with Crippen molar-refractivity contribution in [1.82, 2.24) is 4.98 Å². The van der Waals surface area contributed by atoms with E-state index in [9.17, 15) is 4.79 Å². The highest BCUT2D eigenvalue weighted by Gasteiger charge is 2.20. The van der Waals surface area contributed by atoms with Gasteiger partial charge in [-0.15, -0.1) is 11.3 Å². The predicted octanol–water partition coefficient (Wildman–Crippen LogP) is 3.51. The highest BCUT2D eigenvalue weighted by atomic mass is 32.1. The van der Waals surface area contributed by atoms with Crippen LogP contribution in [0.25, 0.3) is 6.08 Å². The summed E-state index contributed by atoms with van der Waals surface area (Å²) in [6.07, 6.45) is 7.96. The van der Waals surface area contributed by atoms with Gasteiger partial charge in [-0.3, -0.25) is 10.1 Å². The van der Waals surface area contributed by atoms with Crippen molar-refractivity contribution in [2.45, 2.75) is 26.2 Å². The van der Waals surface area contributed by atoms with Crippen LogP contribution >= 0.6 is 11.3 Å². The fourth-order valence-electron chi connectivity index (χ4n) is 2.28. The van der Waals surface area contributed by atoms with Crippen molar-refractivity contribution in [2.75, 3.05) is 5.32 Å². The van der Waals surface area contributed by atoms with Crippen LogP contribution in [0, 0.1) is 5.92 Å². The fraction of sp³-hybridized carbons (Fsp3) is 0.333. The number of rotatable bonds is 3. The molecule has 0 saturated carbocycles. The molecule has 20 heavy (non-hydrogen) atoms. The molecule has 2 aromatic rings. The van der Waals surface area contributed by atoms with Crippen LogP contribution in [0.15, 0.2) is 28.9 Å². The molecule has 0 aliphatic heterocycles. The summed E-state index contributed by atoms with van der Waals surface area (Å²) in [6.45, 7) is 2.26. The van der Waals surface area contributed by atoms with E-state index >= 15 is 0 Å². The van der Waals surface area contributed by atoms with E-state index in [0.29, 0.717) is 16.8 Å². The number of aryl methyl sites for hydroxylation is 1. The highest BCUT2D eigenvalue weighted by Crippen LogP contribution is 2.32. The summed E-state index contributed by atoms with van der Waals surface area (Å²) in [5.74, 6) is 1.19. The van der Waals surface area contributed by atoms with Crippen molar-refractivity contribution in [2.24, 2.45) is 5.92 Å². The molecular weight excluding hydrogens is 272 g/mol. The number of anilines is 1. The first-order valence-corrected chi connectivity index (χ1v) is 7.53. The molecule has 1 atom stereocenters. The number of furan rings is 1. The molecule has 1 N–H and O–H groups in total. The lowest BCUT2D eigenvalue weighted by atomic mass is 9.93. The quantitative estimate of drug-likeness (QED) is 0.879. The van der Waals surface area contributed by atoms with Crippen LogP contribution in [0.2, 0.25) is 0 Å². The zero-order valence-corrected chi connectivity index (χ0v) is 12.1. The number of nitrogens with zero attached hydrogens (tertiary/aromatic N) is 1. The van der Waals surface area contributed by atoms with Gasteiger partial charge in [-0.25, -0.2) is 4.98 Å². The second kappa shape index (κ2) is 5.63. The minimum absolute atomic E-state index is 0.180. The van der Waals surface area contributed by atoms with E-state index in [1.165, 1.54) is 17.4 Å². The van der Waals surface area contributed by atoms with Gasteiger partial charge in [0.1, 0.15) is 5.76 Å². The Morgan fingerprint density at radius 1 is 1.60 bits per heavy atom. The van der Waals surface area contributed by atoms with Crippen molar-refractivity contribution < 1.29 is 9.21 Å². The number of carbonyl (C=O) groups is 1. The SMILES string of the molecule is C[C@@H]1CCc2nc(NC(=O)/C=C/c3ccco3)sc2C1. The van der Waals surface area contributed by atoms with Gasteiger partial charge in [-0.2, -0.15) is 0 Å². The van der Waals surface area contributed by atoms with E-state index in [1.54, 1.807) is 35.8 Å². The minimum atomic E-state index is -0.180. The number of hydrogen-bond acceptors (Lipinski definition) is 4. The van der Waals surface area contributed by atoms with Crippen molar-refractivity contribution >= 4 is 28.5 Å². The molecule has 0 fully saturated rings. The fourth-order valence-corrected chi connectivity index (χ4v) is 3.46. The van der Waals surface area contributed by atoms with Gasteiger partial charge in [-0.1, -0.05) is 6.92 Å². The number of hydrogen-bond donors (Lipinski definition) is 1. The molecule has 0 spiro atoms. The Balaban J connectivity index is 1.64. The second-order valence-electron chi connectivity index (χ2n) is 5.07. The smallest absolute Gasteiger partial charge is 0.250 e. The van der Waals surface area contributed by atoms with Gasteiger partial charge in [0, 0.05) is 11.0 Å². The molecule has 0 radical (unpaired) electrons. The molecular formula is C15H16N2O2S. The van der Waals surface area contributed by atoms with E-state index in [4.69, 9.17) is 4.42 Å². The zero-order chi connectivity index (χ0) is 13.9. The number of amides is 1. The summed E-state index contributed by atoms with van der Waals surface area (Å²) in [5.41, 5.74) is 1.15. The third-order valence-corrected chi connectivity index (χ3v) is 4.39. The van der Waals surface area contributed by atoms with Crippen LogP contribution in [0.5, 0.6) is 0 Å². The Morgan fingerprint density at radius 2 is 2.50 bits per heavy atom. The molecule has 5 heteroatoms. The van der Waals surface area contributed by atoms with E-state index in [0.717, 1.165) is 18.5 Å². The topological polar surface area (TPSA) is 55.1 Å². The van der Waals surface area contributed by atoms with Crippen molar-refractivity contribution in [3.8, 4) is 0 Å². The summed E-state index contributed by atoms with van der Waals surface area (Å²) in [4.78, 5) is 17.6. The van der Waals surface area contributed by atoms with Gasteiger partial charge in [0.25, 0.3) is 0 Å². The molecule has 0 bridgehead atoms. The average molecular weight is 288 g/mol. The van der Waals surface area contributed by atoms with Crippen LogP contribution < -0.4 is 5.32 Å². The van der Waals surface area contributed by atoms with Crippen LogP contribution in [-0.4, -0.2) is 10.9 Å². The molecule has 0 saturated heterocycles. The Labute approximate surface area is 121 Å². The maximum atomic E-state index is 11.8. The summed E-state index contributed by atoms with van der Waals surface area (Å²) >= 11 is 1.59. The third kappa shape index (κ3) is 2.99. The molecule has 0 unspecified atom stereocenters. The first-order chi connectivity index (χ1) is 9.70. The monoisotopic (exact) mass is 288 g/mol. The molecule has 0 aromatic carbocycles. The Kier molecular flexibility index (Phi) is 3.69. The Morgan fingerprint density at radius 3 is 3.30 bits per heavy atom. The number of fused-ring (bicyclic) bond motifs is 1. The van der Waals surface area contributed by atoms with E-state index < -0.39 is 0 Å². The van der Waals surface area contributed by atoms with Crippen molar-refractivity contribution in [1.29, 1.82) is 0 Å². The summed E-state index contributed by atoms with van der Waals surface area (Å²) in [5, 5.41) is 3.51. The normalized spacial score (nSPS) is 18.1. The maximum absolute atomic E-state index is 11.8. The molecule has 1 aliphatic carbocycles. The Hall–Kier alpha value is -1.88. The molecule has 3 rings (SSSR count). The first kappa shape index (κ1) is 13.1. The molecule has 1 amide bonds. The van der Waals surface area contributed by atoms with Gasteiger partial charge in [0.2, 0.25) is 5.91 Å². The lowest BCUT2D eigenvalue weighted by Gasteiger charge is -2.15. The van der Waals surface area contributed by atoms with Gasteiger partial charge in [-0.05, 0) is 43.4 Å². The lowest BCUT2D eigenvalue weighted by Crippen LogP contribution is -2.09. The largest absolute Gasteiger partial charge is 0.465 e. The van der Waals surface area contributed by atoms with Crippen LogP contribution in [0.4, 0.5) is 5.13 Å². The molecule has 2 heterocycles. The standard InChI is InChI=1S/C15H16N2O2S/c1-10-4-6-12-13(9-10)20-15(16-12)17-14(18)7-5-11-3-2-8-19-11/h2-3,5,7-8,10H,4,6,9H2,1H3,(H,16,17,18)/b7-5+/t10-/m1/s1. The van der Waals surface area contributed by atoms with Crippen molar-refractivity contribution in [3.63, 3.8) is 0 Å². The highest BCUT2D eigenvalue weighted by molar-refractivity contribution is 7.15. The van der Waals surface area contributed by atoms with Gasteiger partial charge < -0.3 is 4.42 Å². The van der Waals surface area contributed by atoms with E-state index in [1.807, 2.05) is 0 Å². The average Bonchev–Trinajstić information content (AvgIpc) is 3.04. The number of thiazole rings is 1. The predicted molar refractivity (Wildman–Crippen MR) is 79.7 cm³/mol. The third-order valence-electron chi connectivity index (χ3n) is 3.36. The lowest BCUT2D eigenvalue weighted by molar-refractivity contribution is -0.111. The van der Waals surface area contributed by atoms with Crippen LogP contribution in [-0.2, 0) is 17.6 Å². The summed E-state index contributed by atoms with van der Waals surface area (Å²) in [6, 6.07) is 3.58. The van der Waals surface area contributed by atoms with Gasteiger partial charge >= 0.3 is 0 Å². The summed E-state index contributed by atoms with van der Waals surface area (Å²) in [7, 11) is 0. The van der Waals surface area contributed by atoms with E-state index in [-0.39, 0.29) is 5.91 Å². The van der Waals surface area contributed by atoms with E-state index in [2.05, 4.69) is 17.2 Å².